The van der Waals surface area contributed by atoms with E-state index in [1.165, 1.54) is 0 Å². The van der Waals surface area contributed by atoms with E-state index in [9.17, 15) is 10.2 Å². The predicted molar refractivity (Wildman–Crippen MR) is 82.8 cm³/mol. The van der Waals surface area contributed by atoms with Crippen molar-refractivity contribution < 1.29 is 10.2 Å². The Morgan fingerprint density at radius 1 is 1.10 bits per heavy atom. The van der Waals surface area contributed by atoms with Crippen LogP contribution in [0.4, 0.5) is 0 Å². The highest BCUT2D eigenvalue weighted by atomic mass is 16.3. The van der Waals surface area contributed by atoms with Crippen molar-refractivity contribution in [3.63, 3.8) is 0 Å². The summed E-state index contributed by atoms with van der Waals surface area (Å²) in [5, 5.41) is 19.1. The minimum absolute atomic E-state index is 0.0303. The monoisotopic (exact) mass is 268 g/mol. The van der Waals surface area contributed by atoms with E-state index in [-0.39, 0.29) is 12.4 Å². The highest BCUT2D eigenvalue weighted by Gasteiger charge is 2.13. The molecule has 2 aromatic rings. The molecule has 2 nitrogen and oxygen atoms in total. The van der Waals surface area contributed by atoms with Gasteiger partial charge in [-0.1, -0.05) is 56.3 Å². The van der Waals surface area contributed by atoms with Crippen LogP contribution in [-0.2, 0) is 0 Å². The van der Waals surface area contributed by atoms with Gasteiger partial charge in [0.15, 0.2) is 0 Å². The van der Waals surface area contributed by atoms with Crippen molar-refractivity contribution in [3.05, 3.63) is 71.3 Å². The normalized spacial score (nSPS) is 11.9. The van der Waals surface area contributed by atoms with Crippen molar-refractivity contribution in [2.24, 2.45) is 0 Å². The second-order valence-corrected chi connectivity index (χ2v) is 5.09. The first-order valence-electron chi connectivity index (χ1n) is 6.83. The number of rotatable bonds is 4. The number of hydrogen-bond donors (Lipinski definition) is 2. The number of benzene rings is 2. The Balaban J connectivity index is 2.62. The Labute approximate surface area is 120 Å². The SMILES string of the molecule is CC(C)c1ccc(O)cc1/C(=C\CO)c1ccccc1. The standard InChI is InChI=1S/C18H20O2/c1-13(2)16-9-8-15(20)12-18(16)17(10-11-19)14-6-4-3-5-7-14/h3-10,12-13,19-20H,11H2,1-2H3/b17-10-. The number of phenolic OH excluding ortho intramolecular Hbond substituents is 1. The number of aromatic hydroxyl groups is 1. The van der Waals surface area contributed by atoms with Crippen LogP contribution in [0.3, 0.4) is 0 Å². The smallest absolute Gasteiger partial charge is 0.116 e. The Kier molecular flexibility index (Phi) is 4.59. The molecule has 0 unspecified atom stereocenters. The Morgan fingerprint density at radius 2 is 1.80 bits per heavy atom. The van der Waals surface area contributed by atoms with Gasteiger partial charge in [-0.25, -0.2) is 0 Å². The molecule has 2 heteroatoms. The second kappa shape index (κ2) is 6.40. The van der Waals surface area contributed by atoms with Crippen molar-refractivity contribution in [2.75, 3.05) is 6.61 Å². The summed E-state index contributed by atoms with van der Waals surface area (Å²) in [6.45, 7) is 4.21. The molecule has 0 saturated heterocycles. The lowest BCUT2D eigenvalue weighted by Gasteiger charge is -2.16. The highest BCUT2D eigenvalue weighted by Crippen LogP contribution is 2.32. The Morgan fingerprint density at radius 3 is 2.40 bits per heavy atom. The van der Waals surface area contributed by atoms with Crippen LogP contribution in [0.2, 0.25) is 0 Å². The lowest BCUT2D eigenvalue weighted by Crippen LogP contribution is -1.98. The molecular weight excluding hydrogens is 248 g/mol. The van der Waals surface area contributed by atoms with Crippen LogP contribution in [0.15, 0.2) is 54.6 Å². The van der Waals surface area contributed by atoms with Gasteiger partial charge >= 0.3 is 0 Å². The van der Waals surface area contributed by atoms with Crippen molar-refractivity contribution >= 4 is 5.57 Å². The van der Waals surface area contributed by atoms with E-state index in [1.807, 2.05) is 36.4 Å². The molecule has 0 amide bonds. The van der Waals surface area contributed by atoms with Gasteiger partial charge in [0.05, 0.1) is 6.61 Å². The van der Waals surface area contributed by atoms with E-state index in [1.54, 1.807) is 18.2 Å². The third kappa shape index (κ3) is 3.09. The van der Waals surface area contributed by atoms with E-state index < -0.39 is 0 Å². The molecule has 0 saturated carbocycles. The van der Waals surface area contributed by atoms with Gasteiger partial charge in [-0.15, -0.1) is 0 Å². The van der Waals surface area contributed by atoms with Crippen LogP contribution in [0.1, 0.15) is 36.5 Å². The molecule has 0 spiro atoms. The molecule has 2 N–H and O–H groups in total. The second-order valence-electron chi connectivity index (χ2n) is 5.09. The quantitative estimate of drug-likeness (QED) is 0.881. The van der Waals surface area contributed by atoms with Crippen LogP contribution >= 0.6 is 0 Å². The van der Waals surface area contributed by atoms with Crippen molar-refractivity contribution in [2.45, 2.75) is 19.8 Å². The van der Waals surface area contributed by atoms with Gasteiger partial charge in [0.2, 0.25) is 0 Å². The van der Waals surface area contributed by atoms with Crippen molar-refractivity contribution in [3.8, 4) is 5.75 Å². The van der Waals surface area contributed by atoms with E-state index >= 15 is 0 Å². The number of hydrogen-bond acceptors (Lipinski definition) is 2. The van der Waals surface area contributed by atoms with Gasteiger partial charge in [-0.05, 0) is 40.3 Å². The summed E-state index contributed by atoms with van der Waals surface area (Å²) < 4.78 is 0. The van der Waals surface area contributed by atoms with Crippen LogP contribution in [0, 0.1) is 0 Å². The fourth-order valence-corrected chi connectivity index (χ4v) is 2.37. The molecule has 0 radical (unpaired) electrons. The fraction of sp³-hybridized carbons (Fsp3) is 0.222. The summed E-state index contributed by atoms with van der Waals surface area (Å²) in [5.41, 5.74) is 4.12. The lowest BCUT2D eigenvalue weighted by molar-refractivity contribution is 0.343. The molecule has 0 aromatic heterocycles. The number of aliphatic hydroxyl groups excluding tert-OH is 1. The molecule has 0 aliphatic carbocycles. The molecular formula is C18H20O2. The third-order valence-electron chi connectivity index (χ3n) is 3.33. The van der Waals surface area contributed by atoms with Crippen molar-refractivity contribution in [1.29, 1.82) is 0 Å². The maximum Gasteiger partial charge on any atom is 0.116 e. The maximum atomic E-state index is 9.79. The molecule has 0 heterocycles. The van der Waals surface area contributed by atoms with Crippen LogP contribution < -0.4 is 0 Å². The number of aliphatic hydroxyl groups is 1. The summed E-state index contributed by atoms with van der Waals surface area (Å²) in [7, 11) is 0. The van der Waals surface area contributed by atoms with E-state index in [0.29, 0.717) is 5.92 Å². The fourth-order valence-electron chi connectivity index (χ4n) is 2.37. The van der Waals surface area contributed by atoms with E-state index in [0.717, 1.165) is 22.3 Å². The molecule has 0 aliphatic rings. The largest absolute Gasteiger partial charge is 0.508 e. The first kappa shape index (κ1) is 14.4. The summed E-state index contributed by atoms with van der Waals surface area (Å²) in [5.74, 6) is 0.584. The maximum absolute atomic E-state index is 9.79. The zero-order valence-corrected chi connectivity index (χ0v) is 11.9. The molecule has 0 atom stereocenters. The molecule has 0 bridgehead atoms. The van der Waals surface area contributed by atoms with Crippen LogP contribution in [-0.4, -0.2) is 16.8 Å². The van der Waals surface area contributed by atoms with Gasteiger partial charge < -0.3 is 10.2 Å². The molecule has 0 fully saturated rings. The molecule has 0 aliphatic heterocycles. The number of phenols is 1. The summed E-state index contributed by atoms with van der Waals surface area (Å²) in [6.07, 6.45) is 1.79. The Hall–Kier alpha value is -2.06. The zero-order valence-electron chi connectivity index (χ0n) is 11.9. The highest BCUT2D eigenvalue weighted by molar-refractivity contribution is 5.82. The molecule has 20 heavy (non-hydrogen) atoms. The summed E-state index contributed by atoms with van der Waals surface area (Å²) in [6, 6.07) is 15.3. The lowest BCUT2D eigenvalue weighted by atomic mass is 9.88. The molecule has 2 rings (SSSR count). The predicted octanol–water partition coefficient (Wildman–Crippen LogP) is 3.94. The van der Waals surface area contributed by atoms with Crippen molar-refractivity contribution in [1.82, 2.24) is 0 Å². The first-order valence-corrected chi connectivity index (χ1v) is 6.83. The van der Waals surface area contributed by atoms with Gasteiger partial charge in [0, 0.05) is 0 Å². The van der Waals surface area contributed by atoms with Gasteiger partial charge in [-0.3, -0.25) is 0 Å². The minimum Gasteiger partial charge on any atom is -0.508 e. The van der Waals surface area contributed by atoms with Crippen LogP contribution in [0.5, 0.6) is 5.75 Å². The van der Waals surface area contributed by atoms with E-state index in [4.69, 9.17) is 0 Å². The van der Waals surface area contributed by atoms with Gasteiger partial charge in [0.1, 0.15) is 5.75 Å². The average Bonchev–Trinajstić information content (AvgIpc) is 2.45. The van der Waals surface area contributed by atoms with Gasteiger partial charge in [0.25, 0.3) is 0 Å². The first-order chi connectivity index (χ1) is 9.63. The van der Waals surface area contributed by atoms with Gasteiger partial charge in [-0.2, -0.15) is 0 Å². The van der Waals surface area contributed by atoms with Crippen LogP contribution in [0.25, 0.3) is 5.57 Å². The summed E-state index contributed by atoms with van der Waals surface area (Å²) >= 11 is 0. The summed E-state index contributed by atoms with van der Waals surface area (Å²) in [4.78, 5) is 0. The molecule has 104 valence electrons. The molecule has 2 aromatic carbocycles. The topological polar surface area (TPSA) is 40.5 Å². The Bertz CT molecular complexity index is 598. The minimum atomic E-state index is -0.0303. The van der Waals surface area contributed by atoms with E-state index in [2.05, 4.69) is 13.8 Å². The third-order valence-corrected chi connectivity index (χ3v) is 3.33. The zero-order chi connectivity index (χ0) is 14.5. The average molecular weight is 268 g/mol.